The average Bonchev–Trinajstić information content (AvgIpc) is 2.82. The standard InChI is InChI=1S/C27H39Cl2N5O3S2/c1-19(2)16-23(33-26(38)32-22-10-6-5-7-11-22)18-34(27(35)31-20(3)4)15-9-8-14-30-39(36,37)25-13-12-21(28)17-24(25)29/h5-7,10-13,17,19-20,23,30H,8-9,14-16,18H2,1-4H3,(H,31,35)(H2,32,33,38)/t23-/m0/s1. The number of sulfonamides is 1. The molecule has 0 aromatic heterocycles. The lowest BCUT2D eigenvalue weighted by Crippen LogP contribution is -2.51. The van der Waals surface area contributed by atoms with Crippen molar-refractivity contribution in [3.63, 3.8) is 0 Å². The number of anilines is 1. The van der Waals surface area contributed by atoms with Crippen molar-refractivity contribution < 1.29 is 13.2 Å². The van der Waals surface area contributed by atoms with E-state index in [1.54, 1.807) is 4.90 Å². The summed E-state index contributed by atoms with van der Waals surface area (Å²) in [5, 5.41) is 10.4. The highest BCUT2D eigenvalue weighted by Gasteiger charge is 2.22. The van der Waals surface area contributed by atoms with Crippen molar-refractivity contribution in [1.82, 2.24) is 20.3 Å². The van der Waals surface area contributed by atoms with Crippen LogP contribution in [0.15, 0.2) is 53.4 Å². The first-order valence-corrected chi connectivity index (χ1v) is 15.6. The van der Waals surface area contributed by atoms with Gasteiger partial charge in [0.15, 0.2) is 5.11 Å². The second kappa shape index (κ2) is 16.2. The maximum Gasteiger partial charge on any atom is 0.317 e. The van der Waals surface area contributed by atoms with E-state index in [4.69, 9.17) is 35.4 Å². The minimum absolute atomic E-state index is 0.0193. The third-order valence-electron chi connectivity index (χ3n) is 5.59. The van der Waals surface area contributed by atoms with Crippen LogP contribution in [0.3, 0.4) is 0 Å². The molecule has 0 aliphatic heterocycles. The summed E-state index contributed by atoms with van der Waals surface area (Å²) in [7, 11) is -3.78. The number of thiocarbonyl (C=S) groups is 1. The van der Waals surface area contributed by atoms with Gasteiger partial charge in [0.1, 0.15) is 4.90 Å². The first-order chi connectivity index (χ1) is 18.4. The highest BCUT2D eigenvalue weighted by atomic mass is 35.5. The van der Waals surface area contributed by atoms with Gasteiger partial charge in [-0.05, 0) is 81.6 Å². The molecule has 0 radical (unpaired) electrons. The number of nitrogens with zero attached hydrogens (tertiary/aromatic N) is 1. The van der Waals surface area contributed by atoms with Crippen LogP contribution >= 0.6 is 35.4 Å². The molecule has 0 spiro atoms. The predicted octanol–water partition coefficient (Wildman–Crippen LogP) is 5.87. The van der Waals surface area contributed by atoms with E-state index >= 15 is 0 Å². The molecule has 2 amide bonds. The van der Waals surface area contributed by atoms with Gasteiger partial charge in [0.2, 0.25) is 10.0 Å². The van der Waals surface area contributed by atoms with Crippen molar-refractivity contribution in [2.75, 3.05) is 25.0 Å². The van der Waals surface area contributed by atoms with E-state index in [0.717, 1.165) is 12.1 Å². The van der Waals surface area contributed by atoms with Crippen LogP contribution in [0.1, 0.15) is 47.0 Å². The van der Waals surface area contributed by atoms with Gasteiger partial charge in [-0.15, -0.1) is 0 Å². The molecule has 2 rings (SSSR count). The number of carbonyl (C=O) groups is 1. The van der Waals surface area contributed by atoms with E-state index in [1.165, 1.54) is 18.2 Å². The summed E-state index contributed by atoms with van der Waals surface area (Å²) in [5.41, 5.74) is 0.884. The van der Waals surface area contributed by atoms with E-state index < -0.39 is 10.0 Å². The summed E-state index contributed by atoms with van der Waals surface area (Å²) >= 11 is 17.5. The molecule has 8 nitrogen and oxygen atoms in total. The van der Waals surface area contributed by atoms with Gasteiger partial charge in [-0.2, -0.15) is 0 Å². The molecule has 0 saturated heterocycles. The molecule has 0 saturated carbocycles. The fourth-order valence-corrected chi connectivity index (χ4v) is 6.04. The van der Waals surface area contributed by atoms with Crippen molar-refractivity contribution in [3.05, 3.63) is 58.6 Å². The minimum atomic E-state index is -3.78. The number of halogens is 2. The monoisotopic (exact) mass is 615 g/mol. The van der Waals surface area contributed by atoms with E-state index in [9.17, 15) is 13.2 Å². The summed E-state index contributed by atoms with van der Waals surface area (Å²) < 4.78 is 27.8. The van der Waals surface area contributed by atoms with Gasteiger partial charge in [0, 0.05) is 42.4 Å². The molecule has 0 fully saturated rings. The molecule has 2 aromatic rings. The van der Waals surface area contributed by atoms with E-state index in [-0.39, 0.29) is 34.6 Å². The molecule has 0 aliphatic rings. The van der Waals surface area contributed by atoms with Gasteiger partial charge in [-0.3, -0.25) is 0 Å². The highest BCUT2D eigenvalue weighted by molar-refractivity contribution is 7.89. The van der Waals surface area contributed by atoms with Crippen LogP contribution in [0.2, 0.25) is 10.0 Å². The zero-order valence-corrected chi connectivity index (χ0v) is 26.0. The Morgan fingerprint density at radius 1 is 1.00 bits per heavy atom. The van der Waals surface area contributed by atoms with Crippen LogP contribution in [0.4, 0.5) is 10.5 Å². The first-order valence-electron chi connectivity index (χ1n) is 13.0. The predicted molar refractivity (Wildman–Crippen MR) is 165 cm³/mol. The average molecular weight is 617 g/mol. The molecule has 4 N–H and O–H groups in total. The van der Waals surface area contributed by atoms with Gasteiger partial charge >= 0.3 is 6.03 Å². The summed E-state index contributed by atoms with van der Waals surface area (Å²) in [6.45, 7) is 9.18. The van der Waals surface area contributed by atoms with Crippen molar-refractivity contribution in [3.8, 4) is 0 Å². The zero-order valence-electron chi connectivity index (χ0n) is 22.8. The van der Waals surface area contributed by atoms with Crippen LogP contribution in [0.25, 0.3) is 0 Å². The van der Waals surface area contributed by atoms with Crippen LogP contribution in [-0.4, -0.2) is 56.2 Å². The molecule has 0 unspecified atom stereocenters. The molecule has 2 aromatic carbocycles. The Bertz CT molecular complexity index is 1180. The maximum atomic E-state index is 13.0. The van der Waals surface area contributed by atoms with Crippen LogP contribution in [-0.2, 0) is 10.0 Å². The topological polar surface area (TPSA) is 103 Å². The molecule has 216 valence electrons. The van der Waals surface area contributed by atoms with Crippen molar-refractivity contribution in [2.45, 2.75) is 63.9 Å². The highest BCUT2D eigenvalue weighted by Crippen LogP contribution is 2.24. The number of hydrogen-bond donors (Lipinski definition) is 4. The molecule has 39 heavy (non-hydrogen) atoms. The maximum absolute atomic E-state index is 13.0. The number of para-hydroxylation sites is 1. The molecule has 1 atom stereocenters. The van der Waals surface area contributed by atoms with E-state index in [0.29, 0.717) is 42.0 Å². The zero-order chi connectivity index (χ0) is 29.0. The molecular formula is C27H39Cl2N5O3S2. The second-order valence-corrected chi connectivity index (χ2v) is 13.0. The Kier molecular flexibility index (Phi) is 13.8. The van der Waals surface area contributed by atoms with Gasteiger partial charge in [0.05, 0.1) is 5.02 Å². The third-order valence-corrected chi connectivity index (χ3v) is 7.99. The van der Waals surface area contributed by atoms with E-state index in [1.807, 2.05) is 44.2 Å². The molecule has 0 aliphatic carbocycles. The normalized spacial score (nSPS) is 12.3. The van der Waals surface area contributed by atoms with Gasteiger partial charge in [-0.25, -0.2) is 17.9 Å². The number of rotatable bonds is 14. The Morgan fingerprint density at radius 2 is 1.69 bits per heavy atom. The second-order valence-electron chi connectivity index (χ2n) is 10.0. The smallest absolute Gasteiger partial charge is 0.317 e. The van der Waals surface area contributed by atoms with Crippen LogP contribution in [0.5, 0.6) is 0 Å². The summed E-state index contributed by atoms with van der Waals surface area (Å²) in [6, 6.07) is 13.7. The number of nitrogens with one attached hydrogen (secondary N) is 4. The number of urea groups is 1. The summed E-state index contributed by atoms with van der Waals surface area (Å²) in [5.74, 6) is 0.381. The Hall–Kier alpha value is -2.11. The number of carbonyl (C=O) groups excluding carboxylic acids is 1. The van der Waals surface area contributed by atoms with Crippen molar-refractivity contribution >= 4 is 62.3 Å². The van der Waals surface area contributed by atoms with Gasteiger partial charge in [-0.1, -0.05) is 55.2 Å². The fraction of sp³-hybridized carbons (Fsp3) is 0.481. The van der Waals surface area contributed by atoms with Crippen molar-refractivity contribution in [1.29, 1.82) is 0 Å². The first kappa shape index (κ1) is 33.1. The lowest BCUT2D eigenvalue weighted by atomic mass is 10.0. The summed E-state index contributed by atoms with van der Waals surface area (Å²) in [4.78, 5) is 14.8. The molecule has 12 heteroatoms. The number of unbranched alkanes of at least 4 members (excludes halogenated alkanes) is 1. The fourth-order valence-electron chi connectivity index (χ4n) is 3.91. The molecule has 0 bridgehead atoms. The molecule has 0 heterocycles. The molecular weight excluding hydrogens is 577 g/mol. The third kappa shape index (κ3) is 12.3. The van der Waals surface area contributed by atoms with Crippen molar-refractivity contribution in [2.24, 2.45) is 5.92 Å². The number of amides is 2. The Balaban J connectivity index is 1.98. The lowest BCUT2D eigenvalue weighted by Gasteiger charge is -2.31. The number of benzene rings is 2. The van der Waals surface area contributed by atoms with Crippen LogP contribution < -0.4 is 20.7 Å². The largest absolute Gasteiger partial charge is 0.358 e. The lowest BCUT2D eigenvalue weighted by molar-refractivity contribution is 0.186. The number of hydrogen-bond acceptors (Lipinski definition) is 4. The minimum Gasteiger partial charge on any atom is -0.358 e. The van der Waals surface area contributed by atoms with Gasteiger partial charge in [0.25, 0.3) is 0 Å². The SMILES string of the molecule is CC(C)C[C@@H](CN(CCCCNS(=O)(=O)c1ccc(Cl)cc1Cl)C(=O)NC(C)C)NC(=S)Nc1ccccc1. The quantitative estimate of drug-likeness (QED) is 0.156. The van der Waals surface area contributed by atoms with Crippen LogP contribution in [0, 0.1) is 5.92 Å². The summed E-state index contributed by atoms with van der Waals surface area (Å²) in [6.07, 6.45) is 1.94. The van der Waals surface area contributed by atoms with Gasteiger partial charge < -0.3 is 20.9 Å². The Morgan fingerprint density at radius 3 is 2.31 bits per heavy atom. The van der Waals surface area contributed by atoms with E-state index in [2.05, 4.69) is 34.5 Å². The Labute approximate surface area is 248 Å².